The third-order valence-electron chi connectivity index (χ3n) is 7.97. The SMILES string of the molecule is COc1ccc(C(=O)N2CCC(COc3ccc(C45CC(C(N)=O)(C4)C5)cc3)(C(=O)O)C2)cc1. The molecule has 2 bridgehead atoms. The number of primary amides is 1. The van der Waals surface area contributed by atoms with E-state index in [2.05, 4.69) is 0 Å². The fraction of sp³-hybridized carbons (Fsp3) is 0.423. The molecular weight excluding hydrogens is 436 g/mol. The molecule has 4 fully saturated rings. The van der Waals surface area contributed by atoms with Crippen LogP contribution in [-0.4, -0.2) is 54.6 Å². The first-order chi connectivity index (χ1) is 16.2. The summed E-state index contributed by atoms with van der Waals surface area (Å²) in [5.41, 5.74) is 5.73. The van der Waals surface area contributed by atoms with Crippen LogP contribution in [0, 0.1) is 10.8 Å². The van der Waals surface area contributed by atoms with E-state index in [-0.39, 0.29) is 35.8 Å². The summed E-state index contributed by atoms with van der Waals surface area (Å²) in [6, 6.07) is 14.4. The number of hydrogen-bond acceptors (Lipinski definition) is 5. The minimum atomic E-state index is -1.16. The van der Waals surface area contributed by atoms with Crippen LogP contribution < -0.4 is 15.2 Å². The Hall–Kier alpha value is -3.55. The molecule has 4 aliphatic rings. The minimum absolute atomic E-state index is 0.0238. The molecule has 6 rings (SSSR count). The van der Waals surface area contributed by atoms with Gasteiger partial charge in [0.25, 0.3) is 5.91 Å². The number of ether oxygens (including phenoxy) is 2. The van der Waals surface area contributed by atoms with Gasteiger partial charge in [0.1, 0.15) is 23.5 Å². The molecule has 3 N–H and O–H groups in total. The molecule has 1 saturated heterocycles. The number of methoxy groups -OCH3 is 1. The highest BCUT2D eigenvalue weighted by Gasteiger charge is 2.71. The first-order valence-corrected chi connectivity index (χ1v) is 11.4. The van der Waals surface area contributed by atoms with Gasteiger partial charge in [0.2, 0.25) is 5.91 Å². The highest BCUT2D eigenvalue weighted by atomic mass is 16.5. The number of carbonyl (C=O) groups excluding carboxylic acids is 2. The van der Waals surface area contributed by atoms with Crippen molar-refractivity contribution in [3.05, 3.63) is 59.7 Å². The maximum Gasteiger partial charge on any atom is 0.315 e. The first kappa shape index (κ1) is 22.3. The molecule has 8 nitrogen and oxygen atoms in total. The van der Waals surface area contributed by atoms with Gasteiger partial charge >= 0.3 is 5.97 Å². The molecule has 2 aromatic carbocycles. The number of amides is 2. The number of benzene rings is 2. The average molecular weight is 465 g/mol. The molecule has 1 atom stereocenters. The predicted octanol–water partition coefficient (Wildman–Crippen LogP) is 2.60. The summed E-state index contributed by atoms with van der Waals surface area (Å²) in [4.78, 5) is 38.2. The zero-order chi connectivity index (χ0) is 24.1. The van der Waals surface area contributed by atoms with Gasteiger partial charge in [-0.3, -0.25) is 14.4 Å². The third-order valence-corrected chi connectivity index (χ3v) is 7.97. The third kappa shape index (κ3) is 3.40. The lowest BCUT2D eigenvalue weighted by molar-refractivity contribution is -0.172. The predicted molar refractivity (Wildman–Crippen MR) is 123 cm³/mol. The van der Waals surface area contributed by atoms with E-state index in [1.165, 1.54) is 0 Å². The minimum Gasteiger partial charge on any atom is -0.497 e. The van der Waals surface area contributed by atoms with Crippen molar-refractivity contribution >= 4 is 17.8 Å². The Balaban J connectivity index is 1.21. The van der Waals surface area contributed by atoms with Crippen LogP contribution >= 0.6 is 0 Å². The number of likely N-dealkylation sites (tertiary alicyclic amines) is 1. The molecule has 1 heterocycles. The molecule has 34 heavy (non-hydrogen) atoms. The lowest BCUT2D eigenvalue weighted by Crippen LogP contribution is -2.69. The van der Waals surface area contributed by atoms with Crippen molar-refractivity contribution in [2.24, 2.45) is 16.6 Å². The van der Waals surface area contributed by atoms with Gasteiger partial charge in [-0.05, 0) is 73.1 Å². The number of aliphatic carboxylic acids is 1. The molecule has 0 spiro atoms. The highest BCUT2D eigenvalue weighted by molar-refractivity contribution is 5.95. The number of carboxylic acids is 1. The van der Waals surface area contributed by atoms with Crippen molar-refractivity contribution < 1.29 is 29.0 Å². The summed E-state index contributed by atoms with van der Waals surface area (Å²) in [5, 5.41) is 9.97. The molecule has 3 saturated carbocycles. The zero-order valence-electron chi connectivity index (χ0n) is 19.1. The molecule has 2 amide bonds. The number of nitrogens with zero attached hydrogens (tertiary/aromatic N) is 1. The van der Waals surface area contributed by atoms with E-state index < -0.39 is 11.4 Å². The normalized spacial score (nSPS) is 29.0. The van der Waals surface area contributed by atoms with Gasteiger partial charge in [0.15, 0.2) is 0 Å². The lowest BCUT2D eigenvalue weighted by Gasteiger charge is -2.69. The average Bonchev–Trinajstić information content (AvgIpc) is 3.22. The van der Waals surface area contributed by atoms with Gasteiger partial charge in [-0.25, -0.2) is 0 Å². The largest absolute Gasteiger partial charge is 0.497 e. The Morgan fingerprint density at radius 1 is 1.00 bits per heavy atom. The lowest BCUT2D eigenvalue weighted by atomic mass is 9.33. The Kier molecular flexibility index (Phi) is 5.07. The van der Waals surface area contributed by atoms with Gasteiger partial charge in [-0.2, -0.15) is 0 Å². The fourth-order valence-electron chi connectivity index (χ4n) is 5.80. The molecule has 0 radical (unpaired) electrons. The van der Waals surface area contributed by atoms with E-state index >= 15 is 0 Å². The van der Waals surface area contributed by atoms with E-state index in [1.807, 2.05) is 24.3 Å². The van der Waals surface area contributed by atoms with Crippen LogP contribution in [0.15, 0.2) is 48.5 Å². The second kappa shape index (κ2) is 7.75. The molecule has 1 unspecified atom stereocenters. The van der Waals surface area contributed by atoms with Crippen LogP contribution in [0.3, 0.4) is 0 Å². The standard InChI is InChI=1S/C26H28N2O6/c1-33-19-6-2-17(3-7-19)21(29)28-11-10-24(15-28,23(31)32)16-34-20-8-4-18(5-9-20)25-12-26(13-25,14-25)22(27)30/h2-9H,10-16H2,1H3,(H2,27,30)(H,31,32). The van der Waals surface area contributed by atoms with Gasteiger partial charge < -0.3 is 25.2 Å². The Labute approximate surface area is 197 Å². The second-order valence-electron chi connectivity index (χ2n) is 10.1. The number of carbonyl (C=O) groups is 3. The zero-order valence-corrected chi connectivity index (χ0v) is 19.1. The molecule has 3 aliphatic carbocycles. The second-order valence-corrected chi connectivity index (χ2v) is 10.1. The number of nitrogens with two attached hydrogens (primary N) is 1. The Morgan fingerprint density at radius 2 is 1.62 bits per heavy atom. The van der Waals surface area contributed by atoms with Crippen LogP contribution in [0.1, 0.15) is 41.6 Å². The topological polar surface area (TPSA) is 119 Å². The summed E-state index contributed by atoms with van der Waals surface area (Å²) in [6.45, 7) is 0.414. The first-order valence-electron chi connectivity index (χ1n) is 11.4. The van der Waals surface area contributed by atoms with Crippen LogP contribution in [0.25, 0.3) is 0 Å². The molecule has 2 aromatic rings. The monoisotopic (exact) mass is 464 g/mol. The fourth-order valence-corrected chi connectivity index (χ4v) is 5.80. The van der Waals surface area contributed by atoms with E-state index in [0.29, 0.717) is 30.0 Å². The van der Waals surface area contributed by atoms with Crippen LogP contribution in [-0.2, 0) is 15.0 Å². The Morgan fingerprint density at radius 3 is 2.18 bits per heavy atom. The van der Waals surface area contributed by atoms with Crippen molar-refractivity contribution in [2.45, 2.75) is 31.1 Å². The van der Waals surface area contributed by atoms with Crippen LogP contribution in [0.2, 0.25) is 0 Å². The van der Waals surface area contributed by atoms with E-state index in [9.17, 15) is 19.5 Å². The summed E-state index contributed by atoms with van der Waals surface area (Å²) >= 11 is 0. The number of hydrogen-bond donors (Lipinski definition) is 2. The molecule has 8 heteroatoms. The summed E-state index contributed by atoms with van der Waals surface area (Å²) in [5.74, 6) is -0.147. The molecular formula is C26H28N2O6. The van der Waals surface area contributed by atoms with Crippen molar-refractivity contribution in [3.8, 4) is 11.5 Å². The maximum atomic E-state index is 12.9. The number of carboxylic acid groups (broad SMARTS) is 1. The van der Waals surface area contributed by atoms with E-state index in [0.717, 1.165) is 24.8 Å². The summed E-state index contributed by atoms with van der Waals surface area (Å²) in [6.07, 6.45) is 2.72. The van der Waals surface area contributed by atoms with E-state index in [4.69, 9.17) is 15.2 Å². The van der Waals surface area contributed by atoms with Crippen molar-refractivity contribution in [3.63, 3.8) is 0 Å². The quantitative estimate of drug-likeness (QED) is 0.620. The maximum absolute atomic E-state index is 12.9. The van der Waals surface area contributed by atoms with Crippen LogP contribution in [0.5, 0.6) is 11.5 Å². The smallest absolute Gasteiger partial charge is 0.315 e. The molecule has 1 aliphatic heterocycles. The summed E-state index contributed by atoms with van der Waals surface area (Å²) < 4.78 is 11.0. The van der Waals surface area contributed by atoms with Gasteiger partial charge in [-0.15, -0.1) is 0 Å². The van der Waals surface area contributed by atoms with Crippen molar-refractivity contribution in [2.75, 3.05) is 26.8 Å². The molecule has 178 valence electrons. The van der Waals surface area contributed by atoms with Crippen molar-refractivity contribution in [1.82, 2.24) is 4.90 Å². The van der Waals surface area contributed by atoms with Gasteiger partial charge in [0, 0.05) is 18.7 Å². The van der Waals surface area contributed by atoms with E-state index in [1.54, 1.807) is 36.3 Å². The van der Waals surface area contributed by atoms with Gasteiger partial charge in [0.05, 0.1) is 12.5 Å². The Bertz CT molecular complexity index is 1120. The van der Waals surface area contributed by atoms with Gasteiger partial charge in [-0.1, -0.05) is 12.1 Å². The molecule has 0 aromatic heterocycles. The van der Waals surface area contributed by atoms with Crippen molar-refractivity contribution in [1.29, 1.82) is 0 Å². The summed E-state index contributed by atoms with van der Waals surface area (Å²) in [7, 11) is 1.56. The number of rotatable bonds is 8. The highest BCUT2D eigenvalue weighted by Crippen LogP contribution is 2.73. The van der Waals surface area contributed by atoms with Crippen LogP contribution in [0.4, 0.5) is 0 Å².